The fraction of sp³-hybridized carbons (Fsp3) is 0.136. The van der Waals surface area contributed by atoms with E-state index in [0.717, 1.165) is 55.1 Å². The van der Waals surface area contributed by atoms with E-state index in [4.69, 9.17) is 28.4 Å². The molecule has 0 spiro atoms. The molecule has 0 heterocycles. The highest BCUT2D eigenvalue weighted by molar-refractivity contribution is 6.09. The van der Waals surface area contributed by atoms with Gasteiger partial charge in [0.25, 0.3) is 0 Å². The monoisotopic (exact) mass is 678 g/mol. The zero-order valence-electron chi connectivity index (χ0n) is 28.7. The molecule has 7 nitrogen and oxygen atoms in total. The van der Waals surface area contributed by atoms with Gasteiger partial charge in [0.2, 0.25) is 0 Å². The lowest BCUT2D eigenvalue weighted by atomic mass is 9.92. The number of phenolic OH excluding ortho intramolecular Hbond substituents is 1. The molecule has 51 heavy (non-hydrogen) atoms. The topological polar surface area (TPSA) is 75.6 Å². The van der Waals surface area contributed by atoms with E-state index in [9.17, 15) is 5.11 Å². The van der Waals surface area contributed by atoms with Gasteiger partial charge in [-0.1, -0.05) is 72.8 Å². The molecule has 0 atom stereocenters. The van der Waals surface area contributed by atoms with Crippen LogP contribution in [0.25, 0.3) is 32.7 Å². The molecule has 1 N–H and O–H groups in total. The van der Waals surface area contributed by atoms with Gasteiger partial charge in [-0.2, -0.15) is 0 Å². The Morgan fingerprint density at radius 3 is 1.57 bits per heavy atom. The molecule has 0 aliphatic heterocycles. The van der Waals surface area contributed by atoms with Crippen molar-refractivity contribution in [3.63, 3.8) is 0 Å². The van der Waals surface area contributed by atoms with Gasteiger partial charge in [-0.05, 0) is 86.8 Å². The Balaban J connectivity index is 1.23. The molecular weight excluding hydrogens is 640 g/mol. The third-order valence-corrected chi connectivity index (χ3v) is 8.74. The molecule has 0 aromatic heterocycles. The highest BCUT2D eigenvalue weighted by Crippen LogP contribution is 2.45. The second-order valence-corrected chi connectivity index (χ2v) is 12.1. The molecule has 0 fully saturated rings. The quantitative estimate of drug-likeness (QED) is 0.130. The second kappa shape index (κ2) is 15.0. The molecule has 0 saturated heterocycles. The van der Waals surface area contributed by atoms with Gasteiger partial charge in [-0.15, -0.1) is 0 Å². The van der Waals surface area contributed by atoms with E-state index in [1.807, 2.05) is 115 Å². The van der Waals surface area contributed by atoms with Crippen LogP contribution in [0.4, 0.5) is 0 Å². The van der Waals surface area contributed by atoms with Crippen LogP contribution >= 0.6 is 0 Å². The predicted octanol–water partition coefficient (Wildman–Crippen LogP) is 10.1. The molecule has 7 aromatic carbocycles. The predicted molar refractivity (Wildman–Crippen MR) is 201 cm³/mol. The average molecular weight is 679 g/mol. The standard InChI is InChI=1S/C44H38O7/c1-46-34-12-8-9-29(19-34)26-49-37-22-31(23-38(25-37)50-27-30-20-35(47-2)24-36(21-30)48-3)28-51-42-18-16-33-11-5-7-14-40(33)44(42)43-39-13-6-4-10-32(39)15-17-41(43)45/h4-25,45H,26-28H2,1-3H3. The zero-order chi connectivity index (χ0) is 35.2. The molecule has 7 aromatic rings. The summed E-state index contributed by atoms with van der Waals surface area (Å²) in [5.74, 6) is 4.20. The van der Waals surface area contributed by atoms with Crippen molar-refractivity contribution in [1.29, 1.82) is 0 Å². The van der Waals surface area contributed by atoms with E-state index in [-0.39, 0.29) is 19.0 Å². The number of aromatic hydroxyl groups is 1. The van der Waals surface area contributed by atoms with Gasteiger partial charge in [-0.25, -0.2) is 0 Å². The minimum atomic E-state index is 0.188. The van der Waals surface area contributed by atoms with E-state index < -0.39 is 0 Å². The summed E-state index contributed by atoms with van der Waals surface area (Å²) in [5.41, 5.74) is 4.27. The smallest absolute Gasteiger partial charge is 0.128 e. The zero-order valence-corrected chi connectivity index (χ0v) is 28.7. The Labute approximate surface area is 297 Å². The second-order valence-electron chi connectivity index (χ2n) is 12.1. The maximum absolute atomic E-state index is 11.3. The molecule has 256 valence electrons. The first-order valence-electron chi connectivity index (χ1n) is 16.6. The van der Waals surface area contributed by atoms with Crippen molar-refractivity contribution in [3.8, 4) is 51.4 Å². The lowest BCUT2D eigenvalue weighted by Gasteiger charge is -2.18. The minimum absolute atomic E-state index is 0.188. The SMILES string of the molecule is COc1cccc(COc2cc(COc3ccc4ccccc4c3-c3c(O)ccc4ccccc34)cc(OCc3cc(OC)cc(OC)c3)c2)c1. The maximum atomic E-state index is 11.3. The molecule has 0 aliphatic rings. The fourth-order valence-corrected chi connectivity index (χ4v) is 6.24. The highest BCUT2D eigenvalue weighted by Gasteiger charge is 2.18. The summed E-state index contributed by atoms with van der Waals surface area (Å²) in [7, 11) is 4.89. The van der Waals surface area contributed by atoms with Gasteiger partial charge >= 0.3 is 0 Å². The summed E-state index contributed by atoms with van der Waals surface area (Å²) in [4.78, 5) is 0. The van der Waals surface area contributed by atoms with Gasteiger partial charge in [0.15, 0.2) is 0 Å². The average Bonchev–Trinajstić information content (AvgIpc) is 3.18. The van der Waals surface area contributed by atoms with Gasteiger partial charge in [0.1, 0.15) is 60.1 Å². The Morgan fingerprint density at radius 2 is 0.922 bits per heavy atom. The van der Waals surface area contributed by atoms with Gasteiger partial charge in [-0.3, -0.25) is 0 Å². The summed E-state index contributed by atoms with van der Waals surface area (Å²) in [5, 5.41) is 15.3. The summed E-state index contributed by atoms with van der Waals surface area (Å²) < 4.78 is 35.6. The first-order chi connectivity index (χ1) is 25.0. The van der Waals surface area contributed by atoms with E-state index in [1.54, 1.807) is 27.4 Å². The third-order valence-electron chi connectivity index (χ3n) is 8.74. The molecule has 0 radical (unpaired) electrons. The summed E-state index contributed by atoms with van der Waals surface area (Å²) in [6.07, 6.45) is 0. The number of ether oxygens (including phenoxy) is 6. The number of rotatable bonds is 13. The minimum Gasteiger partial charge on any atom is -0.507 e. The summed E-state index contributed by atoms with van der Waals surface area (Å²) in [6.45, 7) is 0.835. The lowest BCUT2D eigenvalue weighted by molar-refractivity contribution is 0.281. The van der Waals surface area contributed by atoms with Crippen LogP contribution in [-0.2, 0) is 19.8 Å². The molecule has 7 heteroatoms. The molecule has 7 rings (SSSR count). The van der Waals surface area contributed by atoms with Gasteiger partial charge in [0.05, 0.1) is 21.3 Å². The first kappa shape index (κ1) is 33.2. The maximum Gasteiger partial charge on any atom is 0.128 e. The van der Waals surface area contributed by atoms with E-state index >= 15 is 0 Å². The number of methoxy groups -OCH3 is 3. The van der Waals surface area contributed by atoms with Crippen LogP contribution in [-0.4, -0.2) is 26.4 Å². The van der Waals surface area contributed by atoms with Gasteiger partial charge < -0.3 is 33.5 Å². The van der Waals surface area contributed by atoms with Crippen LogP contribution in [0.5, 0.6) is 40.2 Å². The molecule has 0 bridgehead atoms. The highest BCUT2D eigenvalue weighted by atomic mass is 16.5. The van der Waals surface area contributed by atoms with Crippen molar-refractivity contribution >= 4 is 21.5 Å². The molecule has 0 saturated carbocycles. The Morgan fingerprint density at radius 1 is 0.412 bits per heavy atom. The normalized spacial score (nSPS) is 11.0. The van der Waals surface area contributed by atoms with Crippen molar-refractivity contribution in [2.45, 2.75) is 19.8 Å². The lowest BCUT2D eigenvalue weighted by Crippen LogP contribution is -2.03. The molecule has 0 aliphatic carbocycles. The molecule has 0 unspecified atom stereocenters. The van der Waals surface area contributed by atoms with Crippen LogP contribution in [0.3, 0.4) is 0 Å². The Hall–Kier alpha value is -6.34. The molecular formula is C44H38O7. The number of phenols is 1. The van der Waals surface area contributed by atoms with E-state index in [1.165, 1.54) is 0 Å². The first-order valence-corrected chi connectivity index (χ1v) is 16.6. The van der Waals surface area contributed by atoms with Crippen LogP contribution in [0.15, 0.2) is 133 Å². The van der Waals surface area contributed by atoms with Crippen molar-refractivity contribution < 1.29 is 33.5 Å². The van der Waals surface area contributed by atoms with Crippen molar-refractivity contribution in [1.82, 2.24) is 0 Å². The molecule has 0 amide bonds. The number of benzene rings is 7. The van der Waals surface area contributed by atoms with E-state index in [2.05, 4.69) is 12.1 Å². The summed E-state index contributed by atoms with van der Waals surface area (Å²) >= 11 is 0. The van der Waals surface area contributed by atoms with Crippen molar-refractivity contribution in [3.05, 3.63) is 150 Å². The fourth-order valence-electron chi connectivity index (χ4n) is 6.24. The Kier molecular flexibility index (Phi) is 9.79. The van der Waals surface area contributed by atoms with Gasteiger partial charge in [0, 0.05) is 23.3 Å². The van der Waals surface area contributed by atoms with Crippen LogP contribution in [0.1, 0.15) is 16.7 Å². The van der Waals surface area contributed by atoms with Crippen molar-refractivity contribution in [2.75, 3.05) is 21.3 Å². The largest absolute Gasteiger partial charge is 0.507 e. The summed E-state index contributed by atoms with van der Waals surface area (Å²) in [6, 6.07) is 43.1. The van der Waals surface area contributed by atoms with Crippen LogP contribution in [0.2, 0.25) is 0 Å². The third kappa shape index (κ3) is 7.48. The number of hydrogen-bond acceptors (Lipinski definition) is 7. The van der Waals surface area contributed by atoms with Crippen molar-refractivity contribution in [2.24, 2.45) is 0 Å². The van der Waals surface area contributed by atoms with E-state index in [0.29, 0.717) is 35.4 Å². The Bertz CT molecular complexity index is 2290. The number of hydrogen-bond donors (Lipinski definition) is 1. The van der Waals surface area contributed by atoms with Crippen LogP contribution < -0.4 is 28.4 Å². The number of fused-ring (bicyclic) bond motifs is 2. The van der Waals surface area contributed by atoms with Crippen LogP contribution in [0, 0.1) is 0 Å².